The highest BCUT2D eigenvalue weighted by atomic mass is 16.5. The van der Waals surface area contributed by atoms with Gasteiger partial charge in [0, 0.05) is 6.61 Å². The lowest BCUT2D eigenvalue weighted by Crippen LogP contribution is -2.19. The lowest BCUT2D eigenvalue weighted by molar-refractivity contribution is 0.0421. The van der Waals surface area contributed by atoms with Crippen LogP contribution in [-0.2, 0) is 4.74 Å². The Morgan fingerprint density at radius 1 is 1.67 bits per heavy atom. The summed E-state index contributed by atoms with van der Waals surface area (Å²) in [7, 11) is 0. The fourth-order valence-corrected chi connectivity index (χ4v) is 0.960. The van der Waals surface area contributed by atoms with Crippen LogP contribution in [0.1, 0.15) is 26.2 Å². The molecule has 1 aliphatic carbocycles. The van der Waals surface area contributed by atoms with Crippen LogP contribution in [0.2, 0.25) is 0 Å². The van der Waals surface area contributed by atoms with Crippen molar-refractivity contribution in [3.8, 4) is 0 Å². The second kappa shape index (κ2) is 3.21. The molecular weight excluding hydrogens is 112 g/mol. The average Bonchev–Trinajstić information content (AvgIpc) is 1.60. The molecule has 1 atom stereocenters. The molecule has 0 bridgehead atoms. The van der Waals surface area contributed by atoms with Gasteiger partial charge in [-0.3, -0.25) is 0 Å². The third-order valence-electron chi connectivity index (χ3n) is 1.84. The number of rotatable bonds is 3. The van der Waals surface area contributed by atoms with Gasteiger partial charge in [0.25, 0.3) is 0 Å². The van der Waals surface area contributed by atoms with Crippen LogP contribution in [0.15, 0.2) is 0 Å². The first-order chi connectivity index (χ1) is 4.29. The van der Waals surface area contributed by atoms with Crippen molar-refractivity contribution in [2.75, 3.05) is 6.61 Å². The molecule has 0 heterocycles. The van der Waals surface area contributed by atoms with E-state index in [2.05, 4.69) is 6.92 Å². The first-order valence-electron chi connectivity index (χ1n) is 3.73. The minimum Gasteiger partial charge on any atom is -0.378 e. The molecule has 1 nitrogen and oxygen atoms in total. The maximum absolute atomic E-state index is 5.33. The van der Waals surface area contributed by atoms with E-state index in [9.17, 15) is 0 Å². The molecule has 1 heteroatoms. The monoisotopic (exact) mass is 127 g/mol. The van der Waals surface area contributed by atoms with Crippen molar-refractivity contribution in [3.05, 3.63) is 6.92 Å². The zero-order valence-corrected chi connectivity index (χ0v) is 6.10. The molecule has 53 valence electrons. The summed E-state index contributed by atoms with van der Waals surface area (Å²) in [6.07, 6.45) is 4.31. The summed E-state index contributed by atoms with van der Waals surface area (Å²) in [6.45, 7) is 6.67. The fraction of sp³-hybridized carbons (Fsp3) is 0.875. The van der Waals surface area contributed by atoms with Crippen LogP contribution < -0.4 is 0 Å². The van der Waals surface area contributed by atoms with Crippen molar-refractivity contribution in [2.24, 2.45) is 5.92 Å². The largest absolute Gasteiger partial charge is 0.378 e. The summed E-state index contributed by atoms with van der Waals surface area (Å²) in [5, 5.41) is 0. The molecular formula is C8H15O. The van der Waals surface area contributed by atoms with E-state index in [1.165, 1.54) is 19.3 Å². The van der Waals surface area contributed by atoms with Crippen molar-refractivity contribution in [1.82, 2.24) is 0 Å². The van der Waals surface area contributed by atoms with Gasteiger partial charge in [0.2, 0.25) is 0 Å². The maximum Gasteiger partial charge on any atom is 0.0548 e. The van der Waals surface area contributed by atoms with Crippen molar-refractivity contribution < 1.29 is 4.74 Å². The standard InChI is InChI=1S/C8H15O/c1-7(2)9-6-8-4-3-5-8/h7-8H,1,3-6H2,2H3. The van der Waals surface area contributed by atoms with E-state index >= 15 is 0 Å². The van der Waals surface area contributed by atoms with Gasteiger partial charge in [-0.1, -0.05) is 6.42 Å². The fourth-order valence-electron chi connectivity index (χ4n) is 0.960. The van der Waals surface area contributed by atoms with Crippen LogP contribution in [0.5, 0.6) is 0 Å². The van der Waals surface area contributed by atoms with Gasteiger partial charge in [0.1, 0.15) is 0 Å². The summed E-state index contributed by atoms with van der Waals surface area (Å²) >= 11 is 0. The van der Waals surface area contributed by atoms with Gasteiger partial charge >= 0.3 is 0 Å². The topological polar surface area (TPSA) is 9.23 Å². The molecule has 1 unspecified atom stereocenters. The zero-order valence-electron chi connectivity index (χ0n) is 6.10. The van der Waals surface area contributed by atoms with Gasteiger partial charge in [-0.15, -0.1) is 0 Å². The maximum atomic E-state index is 5.33. The van der Waals surface area contributed by atoms with Gasteiger partial charge < -0.3 is 4.74 Å². The highest BCUT2D eigenvalue weighted by molar-refractivity contribution is 4.69. The molecule has 0 aromatic carbocycles. The van der Waals surface area contributed by atoms with E-state index in [1.807, 2.05) is 6.92 Å². The van der Waals surface area contributed by atoms with Crippen molar-refractivity contribution in [1.29, 1.82) is 0 Å². The normalized spacial score (nSPS) is 20.3. The lowest BCUT2D eigenvalue weighted by atomic mass is 9.86. The Labute approximate surface area is 57.4 Å². The summed E-state index contributed by atoms with van der Waals surface area (Å²) in [5.41, 5.74) is 0. The highest BCUT2D eigenvalue weighted by Crippen LogP contribution is 2.26. The summed E-state index contributed by atoms with van der Waals surface area (Å²) in [5.74, 6) is 0.856. The van der Waals surface area contributed by atoms with Gasteiger partial charge in [-0.25, -0.2) is 0 Å². The predicted molar refractivity (Wildman–Crippen MR) is 38.1 cm³/mol. The SMILES string of the molecule is [CH2]C(C)OCC1CCC1. The minimum absolute atomic E-state index is 0.172. The number of hydrogen-bond acceptors (Lipinski definition) is 1. The molecule has 0 N–H and O–H groups in total. The zero-order chi connectivity index (χ0) is 6.69. The van der Waals surface area contributed by atoms with E-state index in [0.29, 0.717) is 0 Å². The average molecular weight is 127 g/mol. The molecule has 0 aromatic rings. The molecule has 1 radical (unpaired) electrons. The minimum atomic E-state index is 0.172. The quantitative estimate of drug-likeness (QED) is 0.563. The molecule has 0 spiro atoms. The smallest absolute Gasteiger partial charge is 0.0548 e. The first-order valence-corrected chi connectivity index (χ1v) is 3.73. The van der Waals surface area contributed by atoms with Gasteiger partial charge in [-0.2, -0.15) is 0 Å². The summed E-state index contributed by atoms with van der Waals surface area (Å²) in [4.78, 5) is 0. The Hall–Kier alpha value is -0.0400. The summed E-state index contributed by atoms with van der Waals surface area (Å²) in [6, 6.07) is 0. The Kier molecular flexibility index (Phi) is 2.52. The number of ether oxygens (including phenoxy) is 1. The molecule has 0 aromatic heterocycles. The number of hydrogen-bond donors (Lipinski definition) is 0. The van der Waals surface area contributed by atoms with Crippen molar-refractivity contribution >= 4 is 0 Å². The second-order valence-corrected chi connectivity index (χ2v) is 2.94. The van der Waals surface area contributed by atoms with Crippen molar-refractivity contribution in [2.45, 2.75) is 32.3 Å². The van der Waals surface area contributed by atoms with Gasteiger partial charge in [-0.05, 0) is 32.6 Å². The van der Waals surface area contributed by atoms with E-state index in [0.717, 1.165) is 12.5 Å². The Morgan fingerprint density at radius 3 is 2.67 bits per heavy atom. The molecule has 0 aliphatic heterocycles. The molecule has 0 amide bonds. The first kappa shape index (κ1) is 7.07. The molecule has 1 fully saturated rings. The third-order valence-corrected chi connectivity index (χ3v) is 1.84. The third kappa shape index (κ3) is 2.35. The lowest BCUT2D eigenvalue weighted by Gasteiger charge is -2.25. The second-order valence-electron chi connectivity index (χ2n) is 2.94. The Bertz CT molecular complexity index is 74.6. The van der Waals surface area contributed by atoms with Crippen LogP contribution in [0, 0.1) is 12.8 Å². The molecule has 1 saturated carbocycles. The van der Waals surface area contributed by atoms with Crippen LogP contribution in [-0.4, -0.2) is 12.7 Å². The Balaban J connectivity index is 1.91. The Morgan fingerprint density at radius 2 is 2.33 bits per heavy atom. The molecule has 0 saturated heterocycles. The van der Waals surface area contributed by atoms with Gasteiger partial charge in [0.05, 0.1) is 6.10 Å². The van der Waals surface area contributed by atoms with Gasteiger partial charge in [0.15, 0.2) is 0 Å². The van der Waals surface area contributed by atoms with Crippen molar-refractivity contribution in [3.63, 3.8) is 0 Å². The van der Waals surface area contributed by atoms with E-state index in [-0.39, 0.29) is 6.10 Å². The highest BCUT2D eigenvalue weighted by Gasteiger charge is 2.17. The van der Waals surface area contributed by atoms with E-state index < -0.39 is 0 Å². The van der Waals surface area contributed by atoms with Crippen LogP contribution in [0.4, 0.5) is 0 Å². The van der Waals surface area contributed by atoms with Crippen LogP contribution in [0.25, 0.3) is 0 Å². The van der Waals surface area contributed by atoms with Crippen LogP contribution >= 0.6 is 0 Å². The molecule has 1 aliphatic rings. The summed E-state index contributed by atoms with van der Waals surface area (Å²) < 4.78 is 5.33. The van der Waals surface area contributed by atoms with Crippen LogP contribution in [0.3, 0.4) is 0 Å². The molecule has 1 rings (SSSR count). The molecule has 9 heavy (non-hydrogen) atoms. The predicted octanol–water partition coefficient (Wildman–Crippen LogP) is 2.03. The van der Waals surface area contributed by atoms with E-state index in [4.69, 9.17) is 4.74 Å². The van der Waals surface area contributed by atoms with E-state index in [1.54, 1.807) is 0 Å².